The molecule has 2 heterocycles. The van der Waals surface area contributed by atoms with Gasteiger partial charge in [0.1, 0.15) is 5.69 Å². The Hall–Kier alpha value is -0.940. The minimum absolute atomic E-state index is 0.234. The predicted molar refractivity (Wildman–Crippen MR) is 78.3 cm³/mol. The maximum absolute atomic E-state index is 11.8. The Morgan fingerprint density at radius 1 is 1.47 bits per heavy atom. The summed E-state index contributed by atoms with van der Waals surface area (Å²) in [5.41, 5.74) is 0.752. The fourth-order valence-corrected chi connectivity index (χ4v) is 4.15. The molecule has 1 aliphatic heterocycles. The number of nitrogens with zero attached hydrogens (tertiary/aromatic N) is 3. The largest absolute Gasteiger partial charge is 0.351 e. The van der Waals surface area contributed by atoms with Crippen LogP contribution in [-0.4, -0.2) is 49.4 Å². The number of aromatic nitrogens is 1. The van der Waals surface area contributed by atoms with Crippen LogP contribution in [0.5, 0.6) is 0 Å². The van der Waals surface area contributed by atoms with Crippen LogP contribution in [0.3, 0.4) is 0 Å². The van der Waals surface area contributed by atoms with Crippen molar-refractivity contribution in [2.24, 2.45) is 5.92 Å². The second-order valence-corrected chi connectivity index (χ2v) is 6.90. The van der Waals surface area contributed by atoms with Crippen molar-refractivity contribution in [1.29, 1.82) is 0 Å². The first-order valence-electron chi connectivity index (χ1n) is 7.06. The van der Waals surface area contributed by atoms with E-state index in [1.165, 1.54) is 24.4 Å². The third-order valence-corrected chi connectivity index (χ3v) is 5.33. The smallest absolute Gasteiger partial charge is 0.185 e. The van der Waals surface area contributed by atoms with Crippen molar-refractivity contribution < 1.29 is 4.79 Å². The number of carbonyl (C=O) groups is 1. The van der Waals surface area contributed by atoms with E-state index in [0.717, 1.165) is 36.1 Å². The van der Waals surface area contributed by atoms with Crippen LogP contribution in [0.4, 0.5) is 5.13 Å². The number of ketones is 1. The molecule has 1 aromatic rings. The van der Waals surface area contributed by atoms with Gasteiger partial charge < -0.3 is 9.80 Å². The summed E-state index contributed by atoms with van der Waals surface area (Å²) < 4.78 is 0. The van der Waals surface area contributed by atoms with Gasteiger partial charge in [0.15, 0.2) is 10.9 Å². The standard InChI is InChI=1S/C14H21N3OS/c1-16-7-6-10(8-16)9-17(2)14-15-13-11(18)4-3-5-12(13)19-14/h10H,3-9H2,1-2H3. The predicted octanol–water partition coefficient (Wildman–Crippen LogP) is 2.05. The van der Waals surface area contributed by atoms with E-state index in [2.05, 4.69) is 28.9 Å². The summed E-state index contributed by atoms with van der Waals surface area (Å²) in [6.45, 7) is 3.42. The van der Waals surface area contributed by atoms with Crippen LogP contribution in [0.25, 0.3) is 0 Å². The van der Waals surface area contributed by atoms with E-state index < -0.39 is 0 Å². The lowest BCUT2D eigenvalue weighted by molar-refractivity contribution is 0.0968. The van der Waals surface area contributed by atoms with Gasteiger partial charge >= 0.3 is 0 Å². The first-order valence-corrected chi connectivity index (χ1v) is 7.87. The van der Waals surface area contributed by atoms with Gasteiger partial charge in [0.2, 0.25) is 0 Å². The highest BCUT2D eigenvalue weighted by Crippen LogP contribution is 2.32. The number of aryl methyl sites for hydroxylation is 1. The number of carbonyl (C=O) groups excluding carboxylic acids is 1. The second-order valence-electron chi connectivity index (χ2n) is 5.84. The molecule has 0 amide bonds. The highest BCUT2D eigenvalue weighted by atomic mass is 32.1. The summed E-state index contributed by atoms with van der Waals surface area (Å²) in [5, 5.41) is 1.02. The lowest BCUT2D eigenvalue weighted by atomic mass is 10.0. The summed E-state index contributed by atoms with van der Waals surface area (Å²) in [6.07, 6.45) is 3.96. The molecule has 1 aromatic heterocycles. The quantitative estimate of drug-likeness (QED) is 0.848. The third-order valence-electron chi connectivity index (χ3n) is 4.11. The number of fused-ring (bicyclic) bond motifs is 1. The summed E-state index contributed by atoms with van der Waals surface area (Å²) in [6, 6.07) is 0. The van der Waals surface area contributed by atoms with Gasteiger partial charge in [-0.15, -0.1) is 11.3 Å². The van der Waals surface area contributed by atoms with E-state index in [1.807, 2.05) is 0 Å². The molecule has 0 saturated carbocycles. The molecule has 1 unspecified atom stereocenters. The van der Waals surface area contributed by atoms with Crippen molar-refractivity contribution in [3.05, 3.63) is 10.6 Å². The van der Waals surface area contributed by atoms with Gasteiger partial charge in [0.25, 0.3) is 0 Å². The maximum Gasteiger partial charge on any atom is 0.185 e. The Kier molecular flexibility index (Phi) is 3.58. The lowest BCUT2D eigenvalue weighted by Gasteiger charge is -2.20. The van der Waals surface area contributed by atoms with Crippen LogP contribution in [-0.2, 0) is 6.42 Å². The van der Waals surface area contributed by atoms with E-state index in [1.54, 1.807) is 11.3 Å². The Labute approximate surface area is 118 Å². The second kappa shape index (κ2) is 5.21. The Balaban J connectivity index is 1.70. The molecule has 3 rings (SSSR count). The average molecular weight is 279 g/mol. The van der Waals surface area contributed by atoms with Gasteiger partial charge in [0, 0.05) is 31.4 Å². The van der Waals surface area contributed by atoms with Crippen LogP contribution in [0.15, 0.2) is 0 Å². The molecule has 5 heteroatoms. The van der Waals surface area contributed by atoms with Gasteiger partial charge in [0.05, 0.1) is 0 Å². The molecule has 19 heavy (non-hydrogen) atoms. The Bertz CT molecular complexity index is 485. The molecule has 1 aliphatic carbocycles. The van der Waals surface area contributed by atoms with Gasteiger partial charge in [-0.05, 0) is 38.8 Å². The van der Waals surface area contributed by atoms with Crippen LogP contribution < -0.4 is 4.90 Å². The first kappa shape index (κ1) is 13.1. The number of anilines is 1. The van der Waals surface area contributed by atoms with E-state index in [0.29, 0.717) is 6.42 Å². The van der Waals surface area contributed by atoms with E-state index in [9.17, 15) is 4.79 Å². The summed E-state index contributed by atoms with van der Waals surface area (Å²) in [5.74, 6) is 0.962. The van der Waals surface area contributed by atoms with E-state index in [-0.39, 0.29) is 5.78 Å². The third kappa shape index (κ3) is 2.67. The molecule has 1 saturated heterocycles. The summed E-state index contributed by atoms with van der Waals surface area (Å²) in [7, 11) is 4.29. The molecule has 0 aromatic carbocycles. The lowest BCUT2D eigenvalue weighted by Crippen LogP contribution is -2.27. The molecule has 0 radical (unpaired) electrons. The fourth-order valence-electron chi connectivity index (χ4n) is 3.06. The molecule has 1 fully saturated rings. The Morgan fingerprint density at radius 3 is 3.00 bits per heavy atom. The van der Waals surface area contributed by atoms with Gasteiger partial charge in [-0.1, -0.05) is 0 Å². The van der Waals surface area contributed by atoms with Gasteiger partial charge in [-0.25, -0.2) is 4.98 Å². The van der Waals surface area contributed by atoms with Crippen LogP contribution in [0.1, 0.15) is 34.6 Å². The van der Waals surface area contributed by atoms with Crippen molar-refractivity contribution in [3.8, 4) is 0 Å². The summed E-state index contributed by atoms with van der Waals surface area (Å²) >= 11 is 1.71. The highest BCUT2D eigenvalue weighted by molar-refractivity contribution is 7.16. The minimum atomic E-state index is 0.234. The number of likely N-dealkylation sites (tertiary alicyclic amines) is 1. The highest BCUT2D eigenvalue weighted by Gasteiger charge is 2.25. The molecular weight excluding hydrogens is 258 g/mol. The van der Waals surface area contributed by atoms with Gasteiger partial charge in [-0.2, -0.15) is 0 Å². The van der Waals surface area contributed by atoms with Crippen molar-refractivity contribution in [2.75, 3.05) is 38.6 Å². The molecule has 0 N–H and O–H groups in total. The number of thiazole rings is 1. The molecule has 0 spiro atoms. The van der Waals surface area contributed by atoms with Crippen molar-refractivity contribution >= 4 is 22.3 Å². The maximum atomic E-state index is 11.8. The number of Topliss-reactive ketones (excluding diaryl/α,β-unsaturated/α-hetero) is 1. The molecule has 1 atom stereocenters. The van der Waals surface area contributed by atoms with Crippen molar-refractivity contribution in [3.63, 3.8) is 0 Å². The molecule has 4 nitrogen and oxygen atoms in total. The van der Waals surface area contributed by atoms with E-state index >= 15 is 0 Å². The van der Waals surface area contributed by atoms with E-state index in [4.69, 9.17) is 0 Å². The molecule has 2 aliphatic rings. The molecule has 104 valence electrons. The zero-order valence-corrected chi connectivity index (χ0v) is 12.5. The zero-order chi connectivity index (χ0) is 13.4. The minimum Gasteiger partial charge on any atom is -0.351 e. The number of rotatable bonds is 3. The topological polar surface area (TPSA) is 36.4 Å². The molecule has 0 bridgehead atoms. The van der Waals surface area contributed by atoms with Crippen LogP contribution in [0, 0.1) is 5.92 Å². The van der Waals surface area contributed by atoms with Gasteiger partial charge in [-0.3, -0.25) is 4.79 Å². The average Bonchev–Trinajstić information content (AvgIpc) is 2.96. The number of hydrogen-bond acceptors (Lipinski definition) is 5. The van der Waals surface area contributed by atoms with Crippen molar-refractivity contribution in [2.45, 2.75) is 25.7 Å². The Morgan fingerprint density at radius 2 is 2.32 bits per heavy atom. The number of hydrogen-bond donors (Lipinski definition) is 0. The monoisotopic (exact) mass is 279 g/mol. The first-order chi connectivity index (χ1) is 9.13. The SMILES string of the molecule is CN1CCC(CN(C)c2nc3c(s2)CCCC3=O)C1. The normalized spacial score (nSPS) is 23.7. The van der Waals surface area contributed by atoms with Crippen LogP contribution >= 0.6 is 11.3 Å². The van der Waals surface area contributed by atoms with Crippen LogP contribution in [0.2, 0.25) is 0 Å². The summed E-state index contributed by atoms with van der Waals surface area (Å²) in [4.78, 5) is 22.2. The van der Waals surface area contributed by atoms with Crippen molar-refractivity contribution in [1.82, 2.24) is 9.88 Å². The zero-order valence-electron chi connectivity index (χ0n) is 11.7. The fraction of sp³-hybridized carbons (Fsp3) is 0.714. The molecular formula is C14H21N3OS.